The first-order chi connectivity index (χ1) is 12.4. The van der Waals surface area contributed by atoms with E-state index in [0.717, 1.165) is 5.56 Å². The van der Waals surface area contributed by atoms with Crippen molar-refractivity contribution in [3.63, 3.8) is 0 Å². The number of amides is 1. The van der Waals surface area contributed by atoms with E-state index in [0.29, 0.717) is 11.5 Å². The summed E-state index contributed by atoms with van der Waals surface area (Å²) < 4.78 is 16.7. The maximum atomic E-state index is 11.5. The van der Waals surface area contributed by atoms with E-state index in [1.807, 2.05) is 25.1 Å². The van der Waals surface area contributed by atoms with Crippen LogP contribution in [0.4, 0.5) is 0 Å². The molecule has 0 radical (unpaired) electrons. The zero-order valence-corrected chi connectivity index (χ0v) is 15.0. The molecule has 8 nitrogen and oxygen atoms in total. The van der Waals surface area contributed by atoms with Gasteiger partial charge in [-0.15, -0.1) is 0 Å². The minimum Gasteiger partial charge on any atom is -0.493 e. The number of ether oxygens (including phenoxy) is 3. The highest BCUT2D eigenvalue weighted by molar-refractivity contribution is 5.73. The van der Waals surface area contributed by atoms with Gasteiger partial charge in [-0.1, -0.05) is 18.2 Å². The molecule has 0 spiro atoms. The van der Waals surface area contributed by atoms with Crippen LogP contribution >= 0.6 is 0 Å². The van der Waals surface area contributed by atoms with E-state index in [1.165, 1.54) is 14.0 Å². The van der Waals surface area contributed by atoms with Crippen molar-refractivity contribution in [2.75, 3.05) is 13.7 Å². The molecular formula is C18H25NO7. The highest BCUT2D eigenvalue weighted by Gasteiger charge is 2.46. The van der Waals surface area contributed by atoms with E-state index in [9.17, 15) is 20.1 Å². The summed E-state index contributed by atoms with van der Waals surface area (Å²) in [7, 11) is 1.49. The van der Waals surface area contributed by atoms with Crippen molar-refractivity contribution < 1.29 is 34.3 Å². The van der Waals surface area contributed by atoms with Crippen molar-refractivity contribution in [1.82, 2.24) is 5.32 Å². The average molecular weight is 367 g/mol. The maximum absolute atomic E-state index is 11.5. The van der Waals surface area contributed by atoms with Crippen LogP contribution in [0.1, 0.15) is 19.4 Å². The molecule has 144 valence electrons. The first kappa shape index (κ1) is 20.2. The Balaban J connectivity index is 2.29. The molecule has 0 saturated carbocycles. The number of allylic oxidation sites excluding steroid dienone is 1. The Kier molecular flexibility index (Phi) is 6.98. The van der Waals surface area contributed by atoms with Crippen molar-refractivity contribution in [3.8, 4) is 11.5 Å². The molecule has 1 fully saturated rings. The number of aliphatic hydroxyl groups excluding tert-OH is 3. The number of nitrogens with one attached hydrogen (secondary N) is 1. The van der Waals surface area contributed by atoms with Crippen LogP contribution in [-0.4, -0.2) is 65.6 Å². The van der Waals surface area contributed by atoms with Gasteiger partial charge in [0.05, 0.1) is 13.7 Å². The van der Waals surface area contributed by atoms with Crippen LogP contribution in [0.3, 0.4) is 0 Å². The number of methoxy groups -OCH3 is 1. The van der Waals surface area contributed by atoms with Gasteiger partial charge in [-0.05, 0) is 24.6 Å². The molecule has 1 aromatic rings. The van der Waals surface area contributed by atoms with Crippen molar-refractivity contribution in [3.05, 3.63) is 29.8 Å². The quantitative estimate of drug-likeness (QED) is 0.561. The summed E-state index contributed by atoms with van der Waals surface area (Å²) in [5, 5.41) is 32.2. The predicted molar refractivity (Wildman–Crippen MR) is 93.7 cm³/mol. The molecule has 1 saturated heterocycles. The van der Waals surface area contributed by atoms with E-state index >= 15 is 0 Å². The Labute approximate surface area is 152 Å². The minimum absolute atomic E-state index is 0.335. The van der Waals surface area contributed by atoms with Crippen LogP contribution in [0.2, 0.25) is 0 Å². The monoisotopic (exact) mass is 367 g/mol. The standard InChI is InChI=1S/C18H25NO7/c1-4-5-11-6-7-12(13(8-11)24-3)25-18-15(19-10(2)21)17(23)16(22)14(9-20)26-18/h4-8,14-18,20,22-23H,9H2,1-3H3,(H,19,21)/b5-4+/t14-,15+,16+,17-,18+/m0/s1. The molecule has 0 aromatic heterocycles. The molecule has 4 N–H and O–H groups in total. The van der Waals surface area contributed by atoms with Crippen LogP contribution in [0.15, 0.2) is 24.3 Å². The van der Waals surface area contributed by atoms with Gasteiger partial charge < -0.3 is 34.8 Å². The highest BCUT2D eigenvalue weighted by Crippen LogP contribution is 2.32. The van der Waals surface area contributed by atoms with Gasteiger partial charge in [0.15, 0.2) is 11.5 Å². The third kappa shape index (κ3) is 4.53. The van der Waals surface area contributed by atoms with E-state index < -0.39 is 43.2 Å². The van der Waals surface area contributed by atoms with Crippen molar-refractivity contribution >= 4 is 12.0 Å². The summed E-state index contributed by atoms with van der Waals surface area (Å²) in [6, 6.07) is 4.22. The molecule has 1 amide bonds. The van der Waals surface area contributed by atoms with E-state index in [2.05, 4.69) is 5.32 Å². The lowest BCUT2D eigenvalue weighted by Crippen LogP contribution is -2.65. The summed E-state index contributed by atoms with van der Waals surface area (Å²) in [6.45, 7) is 2.66. The largest absolute Gasteiger partial charge is 0.493 e. The van der Waals surface area contributed by atoms with E-state index in [-0.39, 0.29) is 0 Å². The summed E-state index contributed by atoms with van der Waals surface area (Å²) in [5.41, 5.74) is 0.906. The minimum atomic E-state index is -1.37. The van der Waals surface area contributed by atoms with Crippen LogP contribution in [0, 0.1) is 0 Å². The number of hydrogen-bond donors (Lipinski definition) is 4. The molecular weight excluding hydrogens is 342 g/mol. The molecule has 0 bridgehead atoms. The zero-order chi connectivity index (χ0) is 19.3. The van der Waals surface area contributed by atoms with Gasteiger partial charge in [0, 0.05) is 6.92 Å². The summed E-state index contributed by atoms with van der Waals surface area (Å²) in [6.07, 6.45) is -1.13. The molecule has 1 aliphatic heterocycles. The second-order valence-corrected chi connectivity index (χ2v) is 5.96. The lowest BCUT2D eigenvalue weighted by Gasteiger charge is -2.42. The van der Waals surface area contributed by atoms with Gasteiger partial charge in [-0.3, -0.25) is 4.79 Å². The maximum Gasteiger partial charge on any atom is 0.223 e. The molecule has 2 rings (SSSR count). The summed E-state index contributed by atoms with van der Waals surface area (Å²) in [4.78, 5) is 11.5. The molecule has 0 aliphatic carbocycles. The lowest BCUT2D eigenvalue weighted by molar-refractivity contribution is -0.244. The molecule has 26 heavy (non-hydrogen) atoms. The highest BCUT2D eigenvalue weighted by atomic mass is 16.7. The van der Waals surface area contributed by atoms with Crippen molar-refractivity contribution in [2.45, 2.75) is 44.5 Å². The Bertz CT molecular complexity index is 648. The Morgan fingerprint density at radius 1 is 1.31 bits per heavy atom. The van der Waals surface area contributed by atoms with E-state index in [1.54, 1.807) is 12.1 Å². The van der Waals surface area contributed by atoms with Gasteiger partial charge in [0.1, 0.15) is 24.4 Å². The van der Waals surface area contributed by atoms with Gasteiger partial charge in [0.25, 0.3) is 0 Å². The van der Waals surface area contributed by atoms with Crippen LogP contribution < -0.4 is 14.8 Å². The number of carbonyl (C=O) groups excluding carboxylic acids is 1. The number of aliphatic hydroxyl groups is 3. The number of hydrogen-bond acceptors (Lipinski definition) is 7. The normalized spacial score (nSPS) is 28.8. The van der Waals surface area contributed by atoms with Gasteiger partial charge >= 0.3 is 0 Å². The molecule has 1 heterocycles. The zero-order valence-electron chi connectivity index (χ0n) is 15.0. The molecule has 8 heteroatoms. The fraction of sp³-hybridized carbons (Fsp3) is 0.500. The Hall–Kier alpha value is -2.13. The lowest BCUT2D eigenvalue weighted by atomic mass is 9.97. The first-order valence-electron chi connectivity index (χ1n) is 8.28. The van der Waals surface area contributed by atoms with Gasteiger partial charge in [-0.2, -0.15) is 0 Å². The topological polar surface area (TPSA) is 117 Å². The second-order valence-electron chi connectivity index (χ2n) is 5.96. The van der Waals surface area contributed by atoms with E-state index in [4.69, 9.17) is 14.2 Å². The Morgan fingerprint density at radius 3 is 2.62 bits per heavy atom. The molecule has 5 atom stereocenters. The van der Waals surface area contributed by atoms with Crippen molar-refractivity contribution in [1.29, 1.82) is 0 Å². The number of carbonyl (C=O) groups is 1. The third-order valence-electron chi connectivity index (χ3n) is 4.04. The predicted octanol–water partition coefficient (Wildman–Crippen LogP) is 0.0508. The van der Waals surface area contributed by atoms with Gasteiger partial charge in [0.2, 0.25) is 12.2 Å². The van der Waals surface area contributed by atoms with Crippen LogP contribution in [0.5, 0.6) is 11.5 Å². The second kappa shape index (κ2) is 9.00. The first-order valence-corrected chi connectivity index (χ1v) is 8.28. The van der Waals surface area contributed by atoms with Crippen LogP contribution in [-0.2, 0) is 9.53 Å². The summed E-state index contributed by atoms with van der Waals surface area (Å²) in [5.74, 6) is 0.351. The van der Waals surface area contributed by atoms with Crippen LogP contribution in [0.25, 0.3) is 6.08 Å². The fourth-order valence-corrected chi connectivity index (χ4v) is 2.77. The SMILES string of the molecule is C/C=C/c1ccc(O[C@@H]2O[C@@H](CO)[C@@H](O)[C@@H](O)[C@H]2NC(C)=O)c(OC)c1. The number of rotatable bonds is 6. The summed E-state index contributed by atoms with van der Waals surface area (Å²) >= 11 is 0. The number of benzene rings is 1. The molecule has 1 aliphatic rings. The smallest absolute Gasteiger partial charge is 0.223 e. The molecule has 1 aromatic carbocycles. The molecule has 0 unspecified atom stereocenters. The average Bonchev–Trinajstić information content (AvgIpc) is 2.62. The Morgan fingerprint density at radius 2 is 2.04 bits per heavy atom. The third-order valence-corrected chi connectivity index (χ3v) is 4.04. The van der Waals surface area contributed by atoms with Crippen molar-refractivity contribution in [2.24, 2.45) is 0 Å². The fourth-order valence-electron chi connectivity index (χ4n) is 2.77. The van der Waals surface area contributed by atoms with Gasteiger partial charge in [-0.25, -0.2) is 0 Å².